The normalized spacial score (nSPS) is 13.6. The highest BCUT2D eigenvalue weighted by atomic mass is 16.5. The van der Waals surface area contributed by atoms with Crippen LogP contribution in [0.3, 0.4) is 0 Å². The molecule has 0 aromatic carbocycles. The minimum atomic E-state index is -0.0763. The van der Waals surface area contributed by atoms with Gasteiger partial charge in [-0.1, -0.05) is 70.4 Å². The van der Waals surface area contributed by atoms with E-state index < -0.39 is 0 Å². The molecule has 0 saturated carbocycles. The molecule has 3 nitrogen and oxygen atoms in total. The molecule has 0 unspecified atom stereocenters. The number of unbranched alkanes of at least 4 members (excludes halogenated alkanes) is 11. The number of hydrogen-bond donors (Lipinski definition) is 0. The van der Waals surface area contributed by atoms with Crippen LogP contribution in [0.15, 0.2) is 12.2 Å². The van der Waals surface area contributed by atoms with E-state index in [0.29, 0.717) is 6.42 Å². The second-order valence-electron chi connectivity index (χ2n) is 7.23. The van der Waals surface area contributed by atoms with Crippen LogP contribution in [0.2, 0.25) is 0 Å². The van der Waals surface area contributed by atoms with Crippen LogP contribution in [0, 0.1) is 0 Å². The number of methoxy groups -OCH3 is 1. The molecule has 1 heterocycles. The van der Waals surface area contributed by atoms with Crippen molar-refractivity contribution in [3.05, 3.63) is 12.2 Å². The molecule has 0 radical (unpaired) electrons. The summed E-state index contributed by atoms with van der Waals surface area (Å²) in [6.45, 7) is 4.27. The Kier molecular flexibility index (Phi) is 21.5. The van der Waals surface area contributed by atoms with Crippen LogP contribution in [-0.4, -0.2) is 26.3 Å². The van der Waals surface area contributed by atoms with Gasteiger partial charge in [0.25, 0.3) is 0 Å². The maximum atomic E-state index is 10.9. The van der Waals surface area contributed by atoms with Crippen LogP contribution in [0.4, 0.5) is 0 Å². The minimum Gasteiger partial charge on any atom is -0.469 e. The van der Waals surface area contributed by atoms with Crippen LogP contribution in [0.25, 0.3) is 0 Å². The van der Waals surface area contributed by atoms with Crippen molar-refractivity contribution in [2.45, 2.75) is 110 Å². The molecule has 26 heavy (non-hydrogen) atoms. The Balaban J connectivity index is 0.00000106. The van der Waals surface area contributed by atoms with Gasteiger partial charge in [-0.3, -0.25) is 4.79 Å². The summed E-state index contributed by atoms with van der Waals surface area (Å²) in [5.41, 5.74) is 0. The van der Waals surface area contributed by atoms with E-state index in [1.165, 1.54) is 90.6 Å². The third kappa shape index (κ3) is 21.2. The topological polar surface area (TPSA) is 35.5 Å². The third-order valence-electron chi connectivity index (χ3n) is 4.70. The molecule has 0 spiro atoms. The van der Waals surface area contributed by atoms with Crippen LogP contribution < -0.4 is 0 Å². The van der Waals surface area contributed by atoms with Crippen molar-refractivity contribution in [2.24, 2.45) is 0 Å². The van der Waals surface area contributed by atoms with Gasteiger partial charge in [0.15, 0.2) is 0 Å². The summed E-state index contributed by atoms with van der Waals surface area (Å²) in [5, 5.41) is 0. The number of allylic oxidation sites excluding steroid dienone is 2. The van der Waals surface area contributed by atoms with E-state index in [0.717, 1.165) is 26.1 Å². The lowest BCUT2D eigenvalue weighted by molar-refractivity contribution is -0.140. The van der Waals surface area contributed by atoms with Gasteiger partial charge in [-0.15, -0.1) is 0 Å². The second kappa shape index (κ2) is 22.2. The van der Waals surface area contributed by atoms with Gasteiger partial charge in [-0.05, 0) is 44.9 Å². The molecule has 1 saturated heterocycles. The maximum absolute atomic E-state index is 10.9. The summed E-state index contributed by atoms with van der Waals surface area (Å²) < 4.78 is 9.57. The summed E-state index contributed by atoms with van der Waals surface area (Å²) in [7, 11) is 1.46. The molecule has 1 rings (SSSR count). The molecule has 3 heteroatoms. The number of ether oxygens (including phenoxy) is 2. The summed E-state index contributed by atoms with van der Waals surface area (Å²) in [6.07, 6.45) is 24.5. The smallest absolute Gasteiger partial charge is 0.305 e. The molecule has 1 fully saturated rings. The number of hydrogen-bond acceptors (Lipinski definition) is 3. The fourth-order valence-electron chi connectivity index (χ4n) is 2.95. The predicted octanol–water partition coefficient (Wildman–Crippen LogP) is 6.99. The van der Waals surface area contributed by atoms with Crippen molar-refractivity contribution in [2.75, 3.05) is 20.3 Å². The number of carbonyl (C=O) groups is 1. The summed E-state index contributed by atoms with van der Waals surface area (Å²) >= 11 is 0. The van der Waals surface area contributed by atoms with Gasteiger partial charge in [-0.2, -0.15) is 0 Å². The molecule has 0 amide bonds. The van der Waals surface area contributed by atoms with Crippen molar-refractivity contribution in [1.82, 2.24) is 0 Å². The van der Waals surface area contributed by atoms with Gasteiger partial charge >= 0.3 is 5.97 Å². The molecule has 1 aliphatic rings. The Labute approximate surface area is 162 Å². The van der Waals surface area contributed by atoms with Gasteiger partial charge in [0.2, 0.25) is 0 Å². The Morgan fingerprint density at radius 2 is 1.31 bits per heavy atom. The van der Waals surface area contributed by atoms with E-state index in [1.54, 1.807) is 0 Å². The second-order valence-corrected chi connectivity index (χ2v) is 7.23. The van der Waals surface area contributed by atoms with Gasteiger partial charge in [0.05, 0.1) is 7.11 Å². The zero-order valence-electron chi connectivity index (χ0n) is 17.6. The van der Waals surface area contributed by atoms with Crippen LogP contribution in [-0.2, 0) is 14.3 Å². The van der Waals surface area contributed by atoms with Crippen molar-refractivity contribution < 1.29 is 14.3 Å². The van der Waals surface area contributed by atoms with Crippen LogP contribution >= 0.6 is 0 Å². The van der Waals surface area contributed by atoms with Gasteiger partial charge in [0.1, 0.15) is 0 Å². The quantitative estimate of drug-likeness (QED) is 0.177. The first-order valence-electron chi connectivity index (χ1n) is 11.1. The molecule has 0 N–H and O–H groups in total. The highest BCUT2D eigenvalue weighted by Crippen LogP contribution is 2.10. The number of carbonyl (C=O) groups excluding carboxylic acids is 1. The number of esters is 1. The zero-order valence-corrected chi connectivity index (χ0v) is 17.6. The largest absolute Gasteiger partial charge is 0.469 e. The molecule has 0 aromatic rings. The minimum absolute atomic E-state index is 0.0763. The average molecular weight is 369 g/mol. The van der Waals surface area contributed by atoms with E-state index in [9.17, 15) is 4.79 Å². The summed E-state index contributed by atoms with van der Waals surface area (Å²) in [6, 6.07) is 0. The van der Waals surface area contributed by atoms with Crippen LogP contribution in [0.5, 0.6) is 0 Å². The summed E-state index contributed by atoms with van der Waals surface area (Å²) in [5.74, 6) is -0.0763. The monoisotopic (exact) mass is 368 g/mol. The van der Waals surface area contributed by atoms with Crippen molar-refractivity contribution in [3.8, 4) is 0 Å². The molecule has 154 valence electrons. The van der Waals surface area contributed by atoms with E-state index in [4.69, 9.17) is 4.74 Å². The first-order valence-corrected chi connectivity index (χ1v) is 11.1. The zero-order chi connectivity index (χ0) is 19.1. The van der Waals surface area contributed by atoms with E-state index in [1.807, 2.05) is 0 Å². The maximum Gasteiger partial charge on any atom is 0.305 e. The first kappa shape index (κ1) is 25.2. The third-order valence-corrected chi connectivity index (χ3v) is 4.70. The Bertz CT molecular complexity index is 301. The average Bonchev–Trinajstić information content (AvgIpc) is 3.24. The Hall–Kier alpha value is -0.830. The molecule has 0 atom stereocenters. The first-order chi connectivity index (χ1) is 12.8. The Morgan fingerprint density at radius 3 is 1.77 bits per heavy atom. The molecule has 0 aliphatic carbocycles. The van der Waals surface area contributed by atoms with Crippen molar-refractivity contribution >= 4 is 5.97 Å². The SMILES string of the molecule is C1CCOC1.CCCCCCCCC=CCCCCCCCC(=O)OC. The standard InChI is InChI=1S/C19H36O2.C4H8O/c1-3-4-5-6-7-8-9-10-11-12-13-14-15-16-17-18-19(20)21-2;1-2-4-5-3-1/h10-11H,3-9,12-18H2,1-2H3;1-4H2. The molecule has 0 bridgehead atoms. The lowest BCUT2D eigenvalue weighted by Crippen LogP contribution is -1.98. The van der Waals surface area contributed by atoms with E-state index in [2.05, 4.69) is 23.8 Å². The predicted molar refractivity (Wildman–Crippen MR) is 112 cm³/mol. The molecular formula is C23H44O3. The lowest BCUT2D eigenvalue weighted by Gasteiger charge is -2.00. The van der Waals surface area contributed by atoms with E-state index >= 15 is 0 Å². The van der Waals surface area contributed by atoms with Crippen molar-refractivity contribution in [1.29, 1.82) is 0 Å². The highest BCUT2D eigenvalue weighted by molar-refractivity contribution is 5.68. The van der Waals surface area contributed by atoms with Gasteiger partial charge in [0, 0.05) is 19.6 Å². The van der Waals surface area contributed by atoms with Crippen molar-refractivity contribution in [3.63, 3.8) is 0 Å². The Morgan fingerprint density at radius 1 is 0.808 bits per heavy atom. The van der Waals surface area contributed by atoms with E-state index in [-0.39, 0.29) is 5.97 Å². The van der Waals surface area contributed by atoms with Gasteiger partial charge < -0.3 is 9.47 Å². The lowest BCUT2D eigenvalue weighted by atomic mass is 10.1. The van der Waals surface area contributed by atoms with Crippen LogP contribution in [0.1, 0.15) is 110 Å². The fraction of sp³-hybridized carbons (Fsp3) is 0.870. The highest BCUT2D eigenvalue weighted by Gasteiger charge is 1.98. The summed E-state index contributed by atoms with van der Waals surface area (Å²) in [4.78, 5) is 10.9. The molecule has 0 aromatic heterocycles. The van der Waals surface area contributed by atoms with Gasteiger partial charge in [-0.25, -0.2) is 0 Å². The number of rotatable bonds is 15. The molecule has 1 aliphatic heterocycles. The fourth-order valence-corrected chi connectivity index (χ4v) is 2.95. The molecular weight excluding hydrogens is 324 g/mol.